The van der Waals surface area contributed by atoms with Crippen molar-refractivity contribution in [2.75, 3.05) is 4.90 Å². The minimum atomic E-state index is -0.599. The third-order valence-electron chi connectivity index (χ3n) is 3.17. The van der Waals surface area contributed by atoms with Crippen LogP contribution < -0.4 is 4.90 Å². The second kappa shape index (κ2) is 6.99. The quantitative estimate of drug-likeness (QED) is 0.809. The maximum atomic E-state index is 13.4. The number of hydrogen-bond acceptors (Lipinski definition) is 3. The van der Waals surface area contributed by atoms with E-state index in [1.54, 1.807) is 18.3 Å². The molecule has 1 aromatic heterocycles. The number of benzene rings is 1. The van der Waals surface area contributed by atoms with E-state index in [2.05, 4.69) is 11.1 Å². The van der Waals surface area contributed by atoms with E-state index < -0.39 is 11.7 Å². The summed E-state index contributed by atoms with van der Waals surface area (Å²) in [4.78, 5) is 18.3. The second-order valence-electron chi connectivity index (χ2n) is 6.77. The molecular formula is C19H22FN2O2. The highest BCUT2D eigenvalue weighted by Crippen LogP contribution is 2.25. The normalized spacial score (nSPS) is 11.5. The Labute approximate surface area is 142 Å². The third-order valence-corrected chi connectivity index (χ3v) is 3.17. The Morgan fingerprint density at radius 1 is 1.29 bits per heavy atom. The smallest absolute Gasteiger partial charge is 0.416 e. The zero-order valence-electron chi connectivity index (χ0n) is 14.6. The van der Waals surface area contributed by atoms with Crippen LogP contribution in [0, 0.1) is 11.9 Å². The number of hydrogen-bond donors (Lipinski definition) is 0. The molecule has 0 aliphatic heterocycles. The minimum absolute atomic E-state index is 0.140. The highest BCUT2D eigenvalue weighted by Gasteiger charge is 2.26. The minimum Gasteiger partial charge on any atom is -0.443 e. The van der Waals surface area contributed by atoms with Crippen molar-refractivity contribution in [1.29, 1.82) is 0 Å². The molecular weight excluding hydrogens is 307 g/mol. The maximum Gasteiger partial charge on any atom is 0.416 e. The lowest BCUT2D eigenvalue weighted by atomic mass is 10.1. The lowest BCUT2D eigenvalue weighted by Crippen LogP contribution is -2.41. The van der Waals surface area contributed by atoms with Gasteiger partial charge in [0, 0.05) is 12.2 Å². The Balaban J connectivity index is 2.38. The van der Waals surface area contributed by atoms with Gasteiger partial charge >= 0.3 is 6.09 Å². The zero-order chi connectivity index (χ0) is 17.9. The molecule has 5 heteroatoms. The summed E-state index contributed by atoms with van der Waals surface area (Å²) in [6.07, 6.45) is 1.12. The molecule has 1 amide bonds. The van der Waals surface area contributed by atoms with Crippen LogP contribution in [0.4, 0.5) is 15.0 Å². The van der Waals surface area contributed by atoms with Crippen molar-refractivity contribution in [1.82, 2.24) is 4.98 Å². The molecule has 0 fully saturated rings. The van der Waals surface area contributed by atoms with Gasteiger partial charge < -0.3 is 4.74 Å². The van der Waals surface area contributed by atoms with E-state index in [4.69, 9.17) is 4.74 Å². The molecule has 1 radical (unpaired) electrons. The van der Waals surface area contributed by atoms with Crippen LogP contribution in [0.1, 0.15) is 34.6 Å². The van der Waals surface area contributed by atoms with E-state index >= 15 is 0 Å². The predicted molar refractivity (Wildman–Crippen MR) is 92.3 cm³/mol. The van der Waals surface area contributed by atoms with Gasteiger partial charge in [0.25, 0.3) is 0 Å². The third kappa shape index (κ3) is 4.54. The molecule has 0 aliphatic rings. The summed E-state index contributed by atoms with van der Waals surface area (Å²) >= 11 is 0. The lowest BCUT2D eigenvalue weighted by molar-refractivity contribution is 0.0569. The van der Waals surface area contributed by atoms with Crippen LogP contribution in [0.25, 0.3) is 11.1 Å². The Morgan fingerprint density at radius 2 is 2.00 bits per heavy atom. The van der Waals surface area contributed by atoms with Gasteiger partial charge in [0.05, 0.1) is 0 Å². The number of carbonyl (C=O) groups is 1. The van der Waals surface area contributed by atoms with Gasteiger partial charge in [-0.1, -0.05) is 6.07 Å². The standard InChI is InChI=1S/C19H22FN2O2/c1-13(2)22(18(23)24-19(3,4)5)17-12-15(9-10-21-17)14-7-6-8-16(20)11-14/h6,8-13H,1-5H3. The van der Waals surface area contributed by atoms with Gasteiger partial charge in [-0.3, -0.25) is 4.90 Å². The van der Waals surface area contributed by atoms with E-state index in [1.165, 1.54) is 23.1 Å². The van der Waals surface area contributed by atoms with Crippen molar-refractivity contribution < 1.29 is 13.9 Å². The average molecular weight is 329 g/mol. The molecule has 0 bridgehead atoms. The van der Waals surface area contributed by atoms with E-state index in [9.17, 15) is 9.18 Å². The first kappa shape index (κ1) is 17.9. The second-order valence-corrected chi connectivity index (χ2v) is 6.77. The Kier molecular flexibility index (Phi) is 5.22. The summed E-state index contributed by atoms with van der Waals surface area (Å²) in [6, 6.07) is 10.6. The molecule has 0 aliphatic carbocycles. The molecule has 0 unspecified atom stereocenters. The zero-order valence-corrected chi connectivity index (χ0v) is 14.6. The van der Waals surface area contributed by atoms with Crippen LogP contribution in [0.3, 0.4) is 0 Å². The Morgan fingerprint density at radius 3 is 2.58 bits per heavy atom. The number of ether oxygens (including phenoxy) is 1. The van der Waals surface area contributed by atoms with Gasteiger partial charge in [0.1, 0.15) is 17.2 Å². The van der Waals surface area contributed by atoms with Gasteiger partial charge in [0.15, 0.2) is 0 Å². The number of amides is 1. The molecule has 1 aromatic carbocycles. The number of nitrogens with zero attached hydrogens (tertiary/aromatic N) is 2. The van der Waals surface area contributed by atoms with Gasteiger partial charge in [-0.15, -0.1) is 0 Å². The molecule has 2 rings (SSSR count). The van der Waals surface area contributed by atoms with Crippen molar-refractivity contribution in [3.8, 4) is 11.1 Å². The predicted octanol–water partition coefficient (Wildman–Crippen LogP) is 4.84. The van der Waals surface area contributed by atoms with Crippen molar-refractivity contribution in [3.05, 3.63) is 48.4 Å². The maximum absolute atomic E-state index is 13.4. The fraction of sp³-hybridized carbons (Fsp3) is 0.368. The first-order chi connectivity index (χ1) is 11.2. The van der Waals surface area contributed by atoms with Crippen LogP contribution in [0.2, 0.25) is 0 Å². The number of carbonyl (C=O) groups excluding carboxylic acids is 1. The van der Waals surface area contributed by atoms with Crippen LogP contribution in [0.15, 0.2) is 36.5 Å². The first-order valence-electron chi connectivity index (χ1n) is 7.83. The topological polar surface area (TPSA) is 42.4 Å². The molecule has 0 spiro atoms. The van der Waals surface area contributed by atoms with Gasteiger partial charge in [-0.05, 0) is 76.1 Å². The molecule has 0 N–H and O–H groups in total. The van der Waals surface area contributed by atoms with Crippen molar-refractivity contribution in [2.24, 2.45) is 0 Å². The van der Waals surface area contributed by atoms with E-state index in [1.807, 2.05) is 34.6 Å². The number of halogens is 1. The average Bonchev–Trinajstić information content (AvgIpc) is 2.45. The van der Waals surface area contributed by atoms with Crippen molar-refractivity contribution in [3.63, 3.8) is 0 Å². The lowest BCUT2D eigenvalue weighted by Gasteiger charge is -2.29. The summed E-state index contributed by atoms with van der Waals surface area (Å²) in [5, 5.41) is 0. The Hall–Kier alpha value is -2.43. The number of aromatic nitrogens is 1. The fourth-order valence-corrected chi connectivity index (χ4v) is 2.20. The first-order valence-corrected chi connectivity index (χ1v) is 7.83. The summed E-state index contributed by atoms with van der Waals surface area (Å²) in [5.41, 5.74) is 0.735. The van der Waals surface area contributed by atoms with Gasteiger partial charge in [0.2, 0.25) is 0 Å². The summed E-state index contributed by atoms with van der Waals surface area (Å²) in [7, 11) is 0. The summed E-state index contributed by atoms with van der Waals surface area (Å²) < 4.78 is 18.9. The molecule has 4 nitrogen and oxygen atoms in total. The molecule has 1 heterocycles. The molecule has 0 atom stereocenters. The van der Waals surface area contributed by atoms with Gasteiger partial charge in [-0.2, -0.15) is 0 Å². The number of anilines is 1. The number of rotatable bonds is 3. The van der Waals surface area contributed by atoms with Crippen molar-refractivity contribution in [2.45, 2.75) is 46.3 Å². The van der Waals surface area contributed by atoms with E-state index in [0.29, 0.717) is 11.4 Å². The monoisotopic (exact) mass is 329 g/mol. The van der Waals surface area contributed by atoms with E-state index in [0.717, 1.165) is 5.56 Å². The van der Waals surface area contributed by atoms with Crippen LogP contribution in [0.5, 0.6) is 0 Å². The molecule has 0 saturated carbocycles. The SMILES string of the molecule is CC(C)N(C(=O)OC(C)(C)C)c1cc(-c2[c]ccc(F)c2)ccn1. The Bertz CT molecular complexity index is 723. The molecule has 0 saturated heterocycles. The van der Waals surface area contributed by atoms with Crippen LogP contribution in [-0.2, 0) is 4.74 Å². The molecule has 24 heavy (non-hydrogen) atoms. The molecule has 2 aromatic rings. The summed E-state index contributed by atoms with van der Waals surface area (Å²) in [5.74, 6) is 0.115. The molecule has 127 valence electrons. The largest absolute Gasteiger partial charge is 0.443 e. The summed E-state index contributed by atoms with van der Waals surface area (Å²) in [6.45, 7) is 9.21. The van der Waals surface area contributed by atoms with Crippen molar-refractivity contribution >= 4 is 11.9 Å². The van der Waals surface area contributed by atoms with Crippen LogP contribution >= 0.6 is 0 Å². The number of pyridine rings is 1. The van der Waals surface area contributed by atoms with Gasteiger partial charge in [-0.25, -0.2) is 14.2 Å². The van der Waals surface area contributed by atoms with Crippen LogP contribution in [-0.4, -0.2) is 22.7 Å². The fourth-order valence-electron chi connectivity index (χ4n) is 2.20. The highest BCUT2D eigenvalue weighted by molar-refractivity contribution is 5.88. The highest BCUT2D eigenvalue weighted by atomic mass is 19.1. The van der Waals surface area contributed by atoms with E-state index in [-0.39, 0.29) is 11.9 Å².